The van der Waals surface area contributed by atoms with E-state index in [2.05, 4.69) is 4.98 Å². The minimum absolute atomic E-state index is 0.110. The lowest BCUT2D eigenvalue weighted by molar-refractivity contribution is -0.141. The smallest absolute Gasteiger partial charge is 0.433 e. The third-order valence-corrected chi connectivity index (χ3v) is 4.27. The highest BCUT2D eigenvalue weighted by atomic mass is 19.4. The van der Waals surface area contributed by atoms with Gasteiger partial charge in [-0.15, -0.1) is 0 Å². The van der Waals surface area contributed by atoms with Gasteiger partial charge in [-0.1, -0.05) is 0 Å². The van der Waals surface area contributed by atoms with Gasteiger partial charge in [-0.3, -0.25) is 19.0 Å². The predicted molar refractivity (Wildman–Crippen MR) is 85.6 cm³/mol. The van der Waals surface area contributed by atoms with Gasteiger partial charge in [0.25, 0.3) is 11.5 Å². The third kappa shape index (κ3) is 3.32. The van der Waals surface area contributed by atoms with Crippen LogP contribution < -0.4 is 10.9 Å². The summed E-state index contributed by atoms with van der Waals surface area (Å²) in [6.45, 7) is -0.794. The Kier molecular flexibility index (Phi) is 4.32. The number of aromatic hydroxyl groups is 1. The number of nitrogens with one attached hydrogen (secondary N) is 1. The van der Waals surface area contributed by atoms with E-state index in [1.54, 1.807) is 0 Å². The van der Waals surface area contributed by atoms with Crippen molar-refractivity contribution in [2.45, 2.75) is 24.9 Å². The maximum absolute atomic E-state index is 13.3. The van der Waals surface area contributed by atoms with E-state index in [1.165, 1.54) is 0 Å². The molecule has 0 radical (unpaired) electrons. The largest absolute Gasteiger partial charge is 0.506 e. The van der Waals surface area contributed by atoms with Crippen LogP contribution in [0.1, 0.15) is 40.4 Å². The van der Waals surface area contributed by atoms with E-state index in [0.29, 0.717) is 12.8 Å². The first-order valence-electron chi connectivity index (χ1n) is 7.86. The average molecular weight is 385 g/mol. The second-order valence-electron chi connectivity index (χ2n) is 6.23. The first kappa shape index (κ1) is 18.7. The highest BCUT2D eigenvalue weighted by molar-refractivity contribution is 6.02. The maximum Gasteiger partial charge on any atom is 0.433 e. The Morgan fingerprint density at radius 3 is 2.52 bits per heavy atom. The van der Waals surface area contributed by atoms with Crippen molar-refractivity contribution in [2.75, 3.05) is 6.54 Å². The first-order valence-corrected chi connectivity index (χ1v) is 7.86. The Balaban J connectivity index is 2.26. The Hall–Kier alpha value is -3.11. The molecule has 3 rings (SSSR count). The van der Waals surface area contributed by atoms with Crippen molar-refractivity contribution in [1.82, 2.24) is 14.9 Å². The fraction of sp³-hybridized carbons (Fsp3) is 0.375. The Morgan fingerprint density at radius 1 is 1.37 bits per heavy atom. The monoisotopic (exact) mass is 385 g/mol. The minimum Gasteiger partial charge on any atom is -0.506 e. The van der Waals surface area contributed by atoms with Gasteiger partial charge in [-0.25, -0.2) is 4.98 Å². The summed E-state index contributed by atoms with van der Waals surface area (Å²) in [7, 11) is 1.11. The van der Waals surface area contributed by atoms with Gasteiger partial charge in [-0.2, -0.15) is 13.2 Å². The second-order valence-corrected chi connectivity index (χ2v) is 6.23. The lowest BCUT2D eigenvalue weighted by Crippen LogP contribution is -2.35. The molecule has 0 saturated heterocycles. The van der Waals surface area contributed by atoms with Crippen molar-refractivity contribution in [3.8, 4) is 5.75 Å². The molecule has 1 amide bonds. The molecule has 1 aliphatic carbocycles. The van der Waals surface area contributed by atoms with E-state index in [0.717, 1.165) is 17.7 Å². The van der Waals surface area contributed by atoms with Crippen LogP contribution in [-0.4, -0.2) is 38.2 Å². The van der Waals surface area contributed by atoms with Crippen LogP contribution in [0.15, 0.2) is 10.9 Å². The third-order valence-electron chi connectivity index (χ3n) is 4.27. The number of nitrogens with zero attached hydrogens (tertiary/aromatic N) is 2. The SMILES string of the molecule is Cn1c(=O)c(C(=O)NCC(=O)O)c(O)c2cc(C3CC3)c(C(F)(F)F)nc21. The zero-order chi connectivity index (χ0) is 20.1. The summed E-state index contributed by atoms with van der Waals surface area (Å²) in [5, 5.41) is 20.7. The summed E-state index contributed by atoms with van der Waals surface area (Å²) < 4.78 is 40.8. The molecule has 0 spiro atoms. The van der Waals surface area contributed by atoms with Crippen LogP contribution in [0.2, 0.25) is 0 Å². The molecule has 2 aromatic heterocycles. The van der Waals surface area contributed by atoms with Crippen molar-refractivity contribution in [1.29, 1.82) is 0 Å². The van der Waals surface area contributed by atoms with Gasteiger partial charge in [0.15, 0.2) is 0 Å². The normalized spacial score (nSPS) is 14.4. The van der Waals surface area contributed by atoms with Gasteiger partial charge >= 0.3 is 12.1 Å². The van der Waals surface area contributed by atoms with E-state index in [4.69, 9.17) is 5.11 Å². The number of fused-ring (bicyclic) bond motifs is 1. The molecule has 27 heavy (non-hydrogen) atoms. The van der Waals surface area contributed by atoms with Crippen LogP contribution >= 0.6 is 0 Å². The quantitative estimate of drug-likeness (QED) is 0.731. The number of carbonyl (C=O) groups excluding carboxylic acids is 1. The summed E-state index contributed by atoms with van der Waals surface area (Å²) in [5.41, 5.74) is -3.52. The summed E-state index contributed by atoms with van der Waals surface area (Å²) in [4.78, 5) is 38.6. The number of carboxylic acids is 1. The van der Waals surface area contributed by atoms with Crippen LogP contribution in [0.4, 0.5) is 13.2 Å². The predicted octanol–water partition coefficient (Wildman–Crippen LogP) is 1.35. The first-order chi connectivity index (χ1) is 12.5. The van der Waals surface area contributed by atoms with Crippen molar-refractivity contribution in [2.24, 2.45) is 7.05 Å². The molecule has 1 aliphatic rings. The average Bonchev–Trinajstić information content (AvgIpc) is 3.41. The van der Waals surface area contributed by atoms with Crippen LogP contribution in [0.25, 0.3) is 11.0 Å². The van der Waals surface area contributed by atoms with Gasteiger partial charge in [0.05, 0.1) is 5.39 Å². The number of carboxylic acid groups (broad SMARTS) is 1. The fourth-order valence-corrected chi connectivity index (χ4v) is 2.83. The van der Waals surface area contributed by atoms with Gasteiger partial charge in [0.2, 0.25) is 0 Å². The number of hydrogen-bond acceptors (Lipinski definition) is 5. The van der Waals surface area contributed by atoms with Crippen LogP contribution in [0.5, 0.6) is 5.75 Å². The molecular weight excluding hydrogens is 371 g/mol. The molecule has 1 saturated carbocycles. The number of aromatic nitrogens is 2. The summed E-state index contributed by atoms with van der Waals surface area (Å²) in [6.07, 6.45) is -3.67. The molecular formula is C16H14F3N3O5. The van der Waals surface area contributed by atoms with E-state index in [-0.39, 0.29) is 16.9 Å². The second kappa shape index (κ2) is 6.25. The summed E-state index contributed by atoms with van der Waals surface area (Å²) in [6, 6.07) is 1.09. The lowest BCUT2D eigenvalue weighted by atomic mass is 10.0. The molecule has 0 aliphatic heterocycles. The van der Waals surface area contributed by atoms with Crippen LogP contribution in [0, 0.1) is 0 Å². The molecule has 3 N–H and O–H groups in total. The maximum atomic E-state index is 13.3. The van der Waals surface area contributed by atoms with Gasteiger partial charge in [0, 0.05) is 7.05 Å². The van der Waals surface area contributed by atoms with Crippen LogP contribution in [-0.2, 0) is 18.0 Å². The van der Waals surface area contributed by atoms with Crippen molar-refractivity contribution in [3.05, 3.63) is 33.2 Å². The molecule has 0 aromatic carbocycles. The number of hydrogen-bond donors (Lipinski definition) is 3. The Bertz CT molecular complexity index is 1020. The van der Waals surface area contributed by atoms with E-state index < -0.39 is 52.8 Å². The number of carbonyl (C=O) groups is 2. The van der Waals surface area contributed by atoms with Gasteiger partial charge in [0.1, 0.15) is 29.2 Å². The zero-order valence-corrected chi connectivity index (χ0v) is 13.9. The summed E-state index contributed by atoms with van der Waals surface area (Å²) >= 11 is 0. The standard InChI is InChI=1S/C16H14F3N3O5/c1-22-13-8(4-7(6-2-3-6)12(21-13)16(17,18)19)11(25)10(15(22)27)14(26)20-5-9(23)24/h4,6,25H,2-3,5H2,1H3,(H,20,26)(H,23,24). The molecule has 1 fully saturated rings. The fourth-order valence-electron chi connectivity index (χ4n) is 2.83. The summed E-state index contributed by atoms with van der Waals surface area (Å²) in [5.74, 6) is -3.71. The van der Waals surface area contributed by atoms with Crippen molar-refractivity contribution < 1.29 is 33.0 Å². The number of pyridine rings is 2. The van der Waals surface area contributed by atoms with Crippen molar-refractivity contribution >= 4 is 22.9 Å². The number of aryl methyl sites for hydroxylation is 1. The van der Waals surface area contributed by atoms with E-state index >= 15 is 0 Å². The molecule has 0 unspecified atom stereocenters. The molecule has 11 heteroatoms. The molecule has 144 valence electrons. The topological polar surface area (TPSA) is 122 Å². The zero-order valence-electron chi connectivity index (χ0n) is 13.9. The minimum atomic E-state index is -4.74. The molecule has 2 aromatic rings. The molecule has 0 atom stereocenters. The lowest BCUT2D eigenvalue weighted by Gasteiger charge is -2.16. The van der Waals surface area contributed by atoms with Crippen molar-refractivity contribution in [3.63, 3.8) is 0 Å². The van der Waals surface area contributed by atoms with Crippen LogP contribution in [0.3, 0.4) is 0 Å². The van der Waals surface area contributed by atoms with Gasteiger partial charge in [-0.05, 0) is 30.4 Å². The highest BCUT2D eigenvalue weighted by Crippen LogP contribution is 2.46. The number of alkyl halides is 3. The molecule has 0 bridgehead atoms. The highest BCUT2D eigenvalue weighted by Gasteiger charge is 2.41. The number of amides is 1. The Morgan fingerprint density at radius 2 is 2.00 bits per heavy atom. The number of rotatable bonds is 4. The van der Waals surface area contributed by atoms with Gasteiger partial charge < -0.3 is 15.5 Å². The number of halogens is 3. The Labute approximate surface area is 149 Å². The molecule has 2 heterocycles. The molecule has 8 nitrogen and oxygen atoms in total. The number of aliphatic carboxylic acids is 1. The van der Waals surface area contributed by atoms with E-state index in [9.17, 15) is 32.7 Å². The van der Waals surface area contributed by atoms with E-state index in [1.807, 2.05) is 5.32 Å².